The smallest absolute Gasteiger partial charge is 0.0130 e. The molecule has 0 amide bonds. The molecule has 1 heteroatoms. The van der Waals surface area contributed by atoms with Crippen molar-refractivity contribution in [2.24, 2.45) is 0 Å². The molecule has 0 atom stereocenters. The highest BCUT2D eigenvalue weighted by Gasteiger charge is 2.04. The molecule has 0 nitrogen and oxygen atoms in total. The van der Waals surface area contributed by atoms with Gasteiger partial charge < -0.3 is 0 Å². The summed E-state index contributed by atoms with van der Waals surface area (Å²) < 4.78 is 1.30. The van der Waals surface area contributed by atoms with E-state index in [2.05, 4.69) is 78.0 Å². The summed E-state index contributed by atoms with van der Waals surface area (Å²) in [5, 5.41) is 0. The molecule has 0 bridgehead atoms. The Hall–Kier alpha value is -0.830. The Bertz CT molecular complexity index is 528. The van der Waals surface area contributed by atoms with Crippen LogP contribution in [0.25, 0.3) is 11.1 Å². The van der Waals surface area contributed by atoms with E-state index in [1.54, 1.807) is 0 Å². The van der Waals surface area contributed by atoms with Gasteiger partial charge in [-0.2, -0.15) is 0 Å². The summed E-state index contributed by atoms with van der Waals surface area (Å²) in [6.45, 7) is 2.28. The molecule has 0 aliphatic carbocycles. The number of halogens is 1. The maximum atomic E-state index is 2.36. The summed E-state index contributed by atoms with van der Waals surface area (Å²) in [4.78, 5) is 0. The standard InChI is InChI=1S/C20H25I/c1-2-3-4-5-6-7-10-17-11-8-9-12-20(17)18-13-15-19(21)16-14-18/h8-9,11-16H,2-7,10H2,1H3. The summed E-state index contributed by atoms with van der Waals surface area (Å²) in [7, 11) is 0. The molecular weight excluding hydrogens is 367 g/mol. The van der Waals surface area contributed by atoms with Crippen LogP contribution >= 0.6 is 22.6 Å². The van der Waals surface area contributed by atoms with Crippen molar-refractivity contribution in [3.63, 3.8) is 0 Å². The van der Waals surface area contributed by atoms with Crippen LogP contribution in [0.4, 0.5) is 0 Å². The molecule has 21 heavy (non-hydrogen) atoms. The molecule has 0 saturated heterocycles. The quantitative estimate of drug-likeness (QED) is 0.340. The zero-order valence-electron chi connectivity index (χ0n) is 12.9. The Morgan fingerprint density at radius 2 is 1.43 bits per heavy atom. The number of hydrogen-bond acceptors (Lipinski definition) is 0. The first-order valence-corrected chi connectivity index (χ1v) is 9.23. The van der Waals surface area contributed by atoms with Gasteiger partial charge in [0.25, 0.3) is 0 Å². The van der Waals surface area contributed by atoms with Gasteiger partial charge in [0, 0.05) is 3.57 Å². The van der Waals surface area contributed by atoms with E-state index in [4.69, 9.17) is 0 Å². The molecular formula is C20H25I. The van der Waals surface area contributed by atoms with Gasteiger partial charge in [-0.05, 0) is 64.3 Å². The van der Waals surface area contributed by atoms with Gasteiger partial charge in [0.2, 0.25) is 0 Å². The lowest BCUT2D eigenvalue weighted by Crippen LogP contribution is -1.91. The van der Waals surface area contributed by atoms with E-state index in [9.17, 15) is 0 Å². The van der Waals surface area contributed by atoms with Crippen LogP contribution in [0.1, 0.15) is 51.0 Å². The Labute approximate surface area is 143 Å². The van der Waals surface area contributed by atoms with E-state index in [1.165, 1.54) is 65.2 Å². The summed E-state index contributed by atoms with van der Waals surface area (Å²) in [5.74, 6) is 0. The van der Waals surface area contributed by atoms with Gasteiger partial charge in [-0.15, -0.1) is 0 Å². The molecule has 0 fully saturated rings. The summed E-state index contributed by atoms with van der Waals surface area (Å²) in [6.07, 6.45) is 9.38. The number of rotatable bonds is 8. The summed E-state index contributed by atoms with van der Waals surface area (Å²) >= 11 is 2.36. The lowest BCUT2D eigenvalue weighted by Gasteiger charge is -2.10. The van der Waals surface area contributed by atoms with Gasteiger partial charge in [0.15, 0.2) is 0 Å². The fraction of sp³-hybridized carbons (Fsp3) is 0.400. The predicted molar refractivity (Wildman–Crippen MR) is 102 cm³/mol. The Balaban J connectivity index is 1.95. The van der Waals surface area contributed by atoms with Crippen molar-refractivity contribution < 1.29 is 0 Å². The highest BCUT2D eigenvalue weighted by molar-refractivity contribution is 14.1. The molecule has 0 saturated carbocycles. The van der Waals surface area contributed by atoms with Crippen molar-refractivity contribution in [3.05, 3.63) is 57.7 Å². The average Bonchev–Trinajstić information content (AvgIpc) is 2.52. The highest BCUT2D eigenvalue weighted by atomic mass is 127. The third-order valence-electron chi connectivity index (χ3n) is 3.97. The minimum absolute atomic E-state index is 1.20. The van der Waals surface area contributed by atoms with Gasteiger partial charge >= 0.3 is 0 Å². The maximum absolute atomic E-state index is 2.36. The monoisotopic (exact) mass is 392 g/mol. The van der Waals surface area contributed by atoms with Crippen molar-refractivity contribution in [1.29, 1.82) is 0 Å². The molecule has 112 valence electrons. The summed E-state index contributed by atoms with van der Waals surface area (Å²) in [5.41, 5.74) is 4.24. The van der Waals surface area contributed by atoms with Crippen LogP contribution in [-0.2, 0) is 6.42 Å². The molecule has 0 aliphatic heterocycles. The lowest BCUT2D eigenvalue weighted by molar-refractivity contribution is 0.608. The molecule has 0 N–H and O–H groups in total. The van der Waals surface area contributed by atoms with E-state index in [-0.39, 0.29) is 0 Å². The minimum atomic E-state index is 1.20. The third-order valence-corrected chi connectivity index (χ3v) is 4.69. The number of aryl methyl sites for hydroxylation is 1. The fourth-order valence-electron chi connectivity index (χ4n) is 2.75. The second-order valence-corrected chi connectivity index (χ2v) is 6.93. The Morgan fingerprint density at radius 3 is 2.19 bits per heavy atom. The molecule has 0 spiro atoms. The zero-order valence-corrected chi connectivity index (χ0v) is 15.1. The molecule has 0 unspecified atom stereocenters. The van der Waals surface area contributed by atoms with Crippen LogP contribution in [0.2, 0.25) is 0 Å². The number of benzene rings is 2. The first-order valence-electron chi connectivity index (χ1n) is 8.15. The van der Waals surface area contributed by atoms with Crippen molar-refractivity contribution in [3.8, 4) is 11.1 Å². The number of unbranched alkanes of at least 4 members (excludes halogenated alkanes) is 5. The Kier molecular flexibility index (Phi) is 7.28. The van der Waals surface area contributed by atoms with E-state index < -0.39 is 0 Å². The first kappa shape index (κ1) is 16.5. The fourth-order valence-corrected chi connectivity index (χ4v) is 3.10. The van der Waals surface area contributed by atoms with Gasteiger partial charge in [-0.1, -0.05) is 75.4 Å². The van der Waals surface area contributed by atoms with Crippen molar-refractivity contribution in [1.82, 2.24) is 0 Å². The van der Waals surface area contributed by atoms with Crippen LogP contribution in [0, 0.1) is 3.57 Å². The second kappa shape index (κ2) is 9.24. The third kappa shape index (κ3) is 5.46. The van der Waals surface area contributed by atoms with E-state index in [0.29, 0.717) is 0 Å². The second-order valence-electron chi connectivity index (χ2n) is 5.68. The number of hydrogen-bond donors (Lipinski definition) is 0. The molecule has 0 heterocycles. The van der Waals surface area contributed by atoms with Crippen LogP contribution in [0.15, 0.2) is 48.5 Å². The van der Waals surface area contributed by atoms with E-state index in [1.807, 2.05) is 0 Å². The van der Waals surface area contributed by atoms with Crippen LogP contribution in [0.5, 0.6) is 0 Å². The highest BCUT2D eigenvalue weighted by Crippen LogP contribution is 2.26. The first-order chi connectivity index (χ1) is 10.3. The molecule has 0 aliphatic rings. The zero-order chi connectivity index (χ0) is 14.9. The molecule has 0 radical (unpaired) electrons. The molecule has 0 aromatic heterocycles. The van der Waals surface area contributed by atoms with Crippen LogP contribution < -0.4 is 0 Å². The van der Waals surface area contributed by atoms with E-state index >= 15 is 0 Å². The topological polar surface area (TPSA) is 0 Å². The van der Waals surface area contributed by atoms with Gasteiger partial charge in [-0.3, -0.25) is 0 Å². The molecule has 2 aromatic carbocycles. The minimum Gasteiger partial charge on any atom is -0.0654 e. The van der Waals surface area contributed by atoms with Crippen molar-refractivity contribution >= 4 is 22.6 Å². The average molecular weight is 392 g/mol. The predicted octanol–water partition coefficient (Wildman–Crippen LogP) is 6.86. The SMILES string of the molecule is CCCCCCCCc1ccccc1-c1ccc(I)cc1. The largest absolute Gasteiger partial charge is 0.0654 e. The van der Waals surface area contributed by atoms with Gasteiger partial charge in [-0.25, -0.2) is 0 Å². The van der Waals surface area contributed by atoms with Crippen LogP contribution in [0.3, 0.4) is 0 Å². The van der Waals surface area contributed by atoms with E-state index in [0.717, 1.165) is 0 Å². The van der Waals surface area contributed by atoms with Crippen molar-refractivity contribution in [2.45, 2.75) is 51.9 Å². The molecule has 2 rings (SSSR count). The normalized spacial score (nSPS) is 10.8. The van der Waals surface area contributed by atoms with Gasteiger partial charge in [0.05, 0.1) is 0 Å². The van der Waals surface area contributed by atoms with Crippen LogP contribution in [-0.4, -0.2) is 0 Å². The van der Waals surface area contributed by atoms with Crippen molar-refractivity contribution in [2.75, 3.05) is 0 Å². The van der Waals surface area contributed by atoms with Gasteiger partial charge in [0.1, 0.15) is 0 Å². The maximum Gasteiger partial charge on any atom is 0.0130 e. The lowest BCUT2D eigenvalue weighted by atomic mass is 9.96. The Morgan fingerprint density at radius 1 is 0.762 bits per heavy atom. The molecule has 2 aromatic rings. The summed E-state index contributed by atoms with van der Waals surface area (Å²) in [6, 6.07) is 17.7.